The number of rotatable bonds is 10. The number of hydroxylamine groups is 1. The number of aryl methyl sites for hydroxylation is 1. The third-order valence-electron chi connectivity index (χ3n) is 5.81. The van der Waals surface area contributed by atoms with Crippen molar-refractivity contribution in [3.63, 3.8) is 0 Å². The molecule has 2 amide bonds. The van der Waals surface area contributed by atoms with Gasteiger partial charge in [-0.3, -0.25) is 14.8 Å². The number of benzene rings is 3. The molecule has 0 spiro atoms. The van der Waals surface area contributed by atoms with Crippen molar-refractivity contribution in [3.8, 4) is 11.5 Å². The molecule has 2 aliphatic rings. The van der Waals surface area contributed by atoms with Crippen LogP contribution in [0, 0.1) is 6.92 Å². The molecule has 0 saturated carbocycles. The summed E-state index contributed by atoms with van der Waals surface area (Å²) in [7, 11) is 0. The molecule has 2 N–H and O–H groups in total. The van der Waals surface area contributed by atoms with Crippen molar-refractivity contribution in [2.45, 2.75) is 19.1 Å². The van der Waals surface area contributed by atoms with Crippen LogP contribution in [0.1, 0.15) is 26.3 Å². The minimum atomic E-state index is -0.663. The van der Waals surface area contributed by atoms with Crippen LogP contribution in [-0.2, 0) is 9.47 Å². The van der Waals surface area contributed by atoms with E-state index in [2.05, 4.69) is 5.32 Å². The summed E-state index contributed by atoms with van der Waals surface area (Å²) in [5.41, 5.74) is 1.96. The fourth-order valence-electron chi connectivity index (χ4n) is 3.54. The fourth-order valence-corrected chi connectivity index (χ4v) is 3.54. The highest BCUT2D eigenvalue weighted by atomic mass is 16.6. The van der Waals surface area contributed by atoms with Crippen LogP contribution in [-0.4, -0.2) is 55.7 Å². The van der Waals surface area contributed by atoms with Crippen LogP contribution >= 0.6 is 0 Å². The van der Waals surface area contributed by atoms with Crippen molar-refractivity contribution in [2.75, 3.05) is 36.8 Å². The summed E-state index contributed by atoms with van der Waals surface area (Å²) in [6.07, 6.45) is 0.0879. The average Bonchev–Trinajstić information content (AvgIpc) is 3.82. The highest BCUT2D eigenvalue weighted by Crippen LogP contribution is 2.28. The summed E-state index contributed by atoms with van der Waals surface area (Å²) in [5.74, 6) is -0.235. The van der Waals surface area contributed by atoms with E-state index >= 15 is 0 Å². The van der Waals surface area contributed by atoms with Crippen molar-refractivity contribution in [2.24, 2.45) is 0 Å². The number of nitrogens with one attached hydrogen (secondary N) is 1. The third-order valence-corrected chi connectivity index (χ3v) is 5.81. The number of hydrogen-bond donors (Lipinski definition) is 2. The van der Waals surface area contributed by atoms with Gasteiger partial charge < -0.3 is 24.3 Å². The molecular formula is C27H26N2O7. The highest BCUT2D eigenvalue weighted by molar-refractivity contribution is 6.08. The molecule has 0 aliphatic carbocycles. The number of carbonyl (C=O) groups is 2. The van der Waals surface area contributed by atoms with Gasteiger partial charge in [-0.2, -0.15) is 5.06 Å². The van der Waals surface area contributed by atoms with Crippen molar-refractivity contribution in [1.82, 2.24) is 0 Å². The molecule has 3 aromatic carbocycles. The van der Waals surface area contributed by atoms with Crippen molar-refractivity contribution >= 4 is 23.2 Å². The standard InChI is InChI=1S/C27H26N2O7/c1-17-10-11-18(29(32)27(31)22-7-3-5-9-25(22)36-16-20-14-34-20)12-23(17)28-26(30)21-6-2-4-8-24(21)35-15-19-13-33-19/h2-12,19-20,32H,13-16H2,1H3,(H,28,30). The molecule has 2 fully saturated rings. The second-order valence-electron chi connectivity index (χ2n) is 8.60. The van der Waals surface area contributed by atoms with Crippen LogP contribution in [0.15, 0.2) is 66.7 Å². The largest absolute Gasteiger partial charge is 0.490 e. The van der Waals surface area contributed by atoms with Gasteiger partial charge in [-0.15, -0.1) is 0 Å². The molecule has 9 nitrogen and oxygen atoms in total. The lowest BCUT2D eigenvalue weighted by Crippen LogP contribution is -2.28. The number of carbonyl (C=O) groups excluding carboxylic acids is 2. The summed E-state index contributed by atoms with van der Waals surface area (Å²) in [6, 6.07) is 18.5. The maximum atomic E-state index is 13.1. The average molecular weight is 491 g/mol. The molecule has 186 valence electrons. The quantitative estimate of drug-likeness (QED) is 0.252. The van der Waals surface area contributed by atoms with Gasteiger partial charge in [-0.05, 0) is 48.9 Å². The molecule has 9 heteroatoms. The molecule has 2 heterocycles. The number of ether oxygens (including phenoxy) is 4. The fraction of sp³-hybridized carbons (Fsp3) is 0.259. The molecule has 3 aromatic rings. The van der Waals surface area contributed by atoms with Crippen LogP contribution in [0.25, 0.3) is 0 Å². The molecule has 2 aliphatic heterocycles. The number of anilines is 2. The van der Waals surface area contributed by atoms with E-state index in [1.807, 2.05) is 6.92 Å². The minimum Gasteiger partial charge on any atom is -0.490 e. The highest BCUT2D eigenvalue weighted by Gasteiger charge is 2.26. The van der Waals surface area contributed by atoms with Gasteiger partial charge >= 0.3 is 0 Å². The van der Waals surface area contributed by atoms with E-state index in [0.29, 0.717) is 54.2 Å². The van der Waals surface area contributed by atoms with Gasteiger partial charge in [-0.1, -0.05) is 30.3 Å². The Kier molecular flexibility index (Phi) is 6.86. The summed E-state index contributed by atoms with van der Waals surface area (Å²) in [4.78, 5) is 26.2. The minimum absolute atomic E-state index is 0.0271. The second kappa shape index (κ2) is 10.4. The summed E-state index contributed by atoms with van der Waals surface area (Å²) in [5, 5.41) is 14.2. The van der Waals surface area contributed by atoms with Gasteiger partial charge in [0.25, 0.3) is 11.8 Å². The smallest absolute Gasteiger partial charge is 0.285 e. The monoisotopic (exact) mass is 490 g/mol. The van der Waals surface area contributed by atoms with Gasteiger partial charge in [0.15, 0.2) is 0 Å². The lowest BCUT2D eigenvalue weighted by molar-refractivity contribution is 0.0850. The van der Waals surface area contributed by atoms with E-state index < -0.39 is 5.91 Å². The van der Waals surface area contributed by atoms with Crippen LogP contribution in [0.5, 0.6) is 11.5 Å². The molecule has 0 bridgehead atoms. The Balaban J connectivity index is 1.32. The van der Waals surface area contributed by atoms with Crippen LogP contribution < -0.4 is 19.9 Å². The first-order chi connectivity index (χ1) is 17.5. The molecule has 0 radical (unpaired) electrons. The first-order valence-electron chi connectivity index (χ1n) is 11.6. The maximum absolute atomic E-state index is 13.1. The van der Waals surface area contributed by atoms with Crippen molar-refractivity contribution in [3.05, 3.63) is 83.4 Å². The molecule has 0 aromatic heterocycles. The Morgan fingerprint density at radius 2 is 1.47 bits per heavy atom. The van der Waals surface area contributed by atoms with E-state index in [-0.39, 0.29) is 29.4 Å². The van der Waals surface area contributed by atoms with E-state index in [0.717, 1.165) is 5.56 Å². The number of hydrogen-bond acceptors (Lipinski definition) is 7. The summed E-state index contributed by atoms with van der Waals surface area (Å²) < 4.78 is 21.8. The van der Waals surface area contributed by atoms with E-state index in [4.69, 9.17) is 18.9 Å². The SMILES string of the molecule is Cc1ccc(N(O)C(=O)c2ccccc2OCC2CO2)cc1NC(=O)c1ccccc1OCC1CO1. The Morgan fingerprint density at radius 1 is 0.917 bits per heavy atom. The zero-order chi connectivity index (χ0) is 25.1. The van der Waals surface area contributed by atoms with E-state index in [9.17, 15) is 14.8 Å². The zero-order valence-electron chi connectivity index (χ0n) is 19.7. The van der Waals surface area contributed by atoms with Gasteiger partial charge in [0.1, 0.15) is 36.9 Å². The number of nitrogens with zero attached hydrogens (tertiary/aromatic N) is 1. The normalized spacial score (nSPS) is 17.7. The molecule has 2 saturated heterocycles. The van der Waals surface area contributed by atoms with Gasteiger partial charge in [0.05, 0.1) is 30.0 Å². The van der Waals surface area contributed by atoms with E-state index in [1.54, 1.807) is 60.7 Å². The van der Waals surface area contributed by atoms with Crippen molar-refractivity contribution < 1.29 is 33.7 Å². The number of para-hydroxylation sites is 2. The molecule has 5 rings (SSSR count). The lowest BCUT2D eigenvalue weighted by atomic mass is 10.1. The molecule has 2 atom stereocenters. The van der Waals surface area contributed by atoms with Crippen LogP contribution in [0.2, 0.25) is 0 Å². The molecular weight excluding hydrogens is 464 g/mol. The number of epoxide rings is 2. The summed E-state index contributed by atoms with van der Waals surface area (Å²) >= 11 is 0. The Bertz CT molecular complexity index is 1270. The lowest BCUT2D eigenvalue weighted by Gasteiger charge is -2.19. The second-order valence-corrected chi connectivity index (χ2v) is 8.60. The third kappa shape index (κ3) is 5.65. The molecule has 2 unspecified atom stereocenters. The van der Waals surface area contributed by atoms with Crippen LogP contribution in [0.3, 0.4) is 0 Å². The predicted molar refractivity (Wildman–Crippen MR) is 131 cm³/mol. The molecule has 36 heavy (non-hydrogen) atoms. The Hall–Kier alpha value is -3.92. The topological polar surface area (TPSA) is 113 Å². The first-order valence-corrected chi connectivity index (χ1v) is 11.6. The first kappa shape index (κ1) is 23.8. The van der Waals surface area contributed by atoms with E-state index in [1.165, 1.54) is 6.07 Å². The maximum Gasteiger partial charge on any atom is 0.285 e. The van der Waals surface area contributed by atoms with Gasteiger partial charge in [0.2, 0.25) is 0 Å². The van der Waals surface area contributed by atoms with Gasteiger partial charge in [0, 0.05) is 5.69 Å². The van der Waals surface area contributed by atoms with Gasteiger partial charge in [-0.25, -0.2) is 0 Å². The zero-order valence-corrected chi connectivity index (χ0v) is 19.7. The Morgan fingerprint density at radius 3 is 2.08 bits per heavy atom. The number of amides is 2. The predicted octanol–water partition coefficient (Wildman–Crippen LogP) is 3.84. The Labute approximate surface area is 208 Å². The summed E-state index contributed by atoms with van der Waals surface area (Å²) in [6.45, 7) is 3.81. The van der Waals surface area contributed by atoms with Crippen LogP contribution in [0.4, 0.5) is 11.4 Å². The van der Waals surface area contributed by atoms with Crippen molar-refractivity contribution in [1.29, 1.82) is 0 Å².